The Morgan fingerprint density at radius 3 is 2.29 bits per heavy atom. The number of benzene rings is 2. The summed E-state index contributed by atoms with van der Waals surface area (Å²) < 4.78 is 16.2. The van der Waals surface area contributed by atoms with Crippen molar-refractivity contribution in [1.82, 2.24) is 5.32 Å². The number of ether oxygens (including phenoxy) is 2. The van der Waals surface area contributed by atoms with Gasteiger partial charge in [-0.2, -0.15) is 0 Å². The summed E-state index contributed by atoms with van der Waals surface area (Å²) in [4.78, 5) is 24.3. The second kappa shape index (κ2) is 11.3. The zero-order chi connectivity index (χ0) is 22.1. The molecule has 2 N–H and O–H groups in total. The lowest BCUT2D eigenvalue weighted by Gasteiger charge is -2.09. The monoisotopic (exact) mass is 486 g/mol. The Labute approximate surface area is 188 Å². The molecule has 0 aliphatic heterocycles. The molecule has 2 aromatic carbocycles. The first-order valence-electron chi connectivity index (χ1n) is 9.66. The van der Waals surface area contributed by atoms with Gasteiger partial charge in [-0.1, -0.05) is 24.3 Å². The normalized spacial score (nSPS) is 10.5. The van der Waals surface area contributed by atoms with Crippen LogP contribution in [0.1, 0.15) is 21.7 Å². The van der Waals surface area contributed by atoms with Crippen LogP contribution in [0.25, 0.3) is 0 Å². The standard InChI is InChI=1S/C23H23BrN2O5/c1-29-12-13-30-19-8-4-17(5-9-19)15-25-22(27)14-16-2-6-18(7-3-16)26-23(28)20-10-11-21(24)31-20/h2-11H,12-15H2,1H3,(H,25,27)(H,26,28). The highest BCUT2D eigenvalue weighted by Crippen LogP contribution is 2.17. The average Bonchev–Trinajstić information content (AvgIpc) is 3.21. The van der Waals surface area contributed by atoms with E-state index in [4.69, 9.17) is 13.9 Å². The van der Waals surface area contributed by atoms with Crippen LogP contribution in [-0.4, -0.2) is 32.1 Å². The maximum Gasteiger partial charge on any atom is 0.291 e. The average molecular weight is 487 g/mol. The topological polar surface area (TPSA) is 89.8 Å². The molecule has 0 atom stereocenters. The molecule has 7 nitrogen and oxygen atoms in total. The SMILES string of the molecule is COCCOc1ccc(CNC(=O)Cc2ccc(NC(=O)c3ccc(Br)o3)cc2)cc1. The number of carbonyl (C=O) groups is 2. The first-order chi connectivity index (χ1) is 15.0. The Morgan fingerprint density at radius 1 is 0.935 bits per heavy atom. The second-order valence-corrected chi connectivity index (χ2v) is 7.48. The summed E-state index contributed by atoms with van der Waals surface area (Å²) in [5.41, 5.74) is 2.45. The van der Waals surface area contributed by atoms with Crippen molar-refractivity contribution in [2.24, 2.45) is 0 Å². The quantitative estimate of drug-likeness (QED) is 0.419. The molecule has 1 heterocycles. The number of halogens is 1. The summed E-state index contributed by atoms with van der Waals surface area (Å²) in [6.07, 6.45) is 0.248. The van der Waals surface area contributed by atoms with Crippen LogP contribution in [-0.2, 0) is 22.5 Å². The Bertz CT molecular complexity index is 1000. The van der Waals surface area contributed by atoms with E-state index in [1.165, 1.54) is 0 Å². The molecule has 8 heteroatoms. The van der Waals surface area contributed by atoms with Crippen molar-refractivity contribution in [2.45, 2.75) is 13.0 Å². The van der Waals surface area contributed by atoms with Crippen LogP contribution >= 0.6 is 15.9 Å². The fourth-order valence-corrected chi connectivity index (χ4v) is 3.04. The van der Waals surface area contributed by atoms with Crippen LogP contribution in [0, 0.1) is 0 Å². The number of nitrogens with one attached hydrogen (secondary N) is 2. The van der Waals surface area contributed by atoms with E-state index in [1.807, 2.05) is 24.3 Å². The Kier molecular flexibility index (Phi) is 8.26. The van der Waals surface area contributed by atoms with E-state index in [0.29, 0.717) is 30.1 Å². The molecule has 1 aromatic heterocycles. The van der Waals surface area contributed by atoms with E-state index in [0.717, 1.165) is 16.9 Å². The van der Waals surface area contributed by atoms with Gasteiger partial charge in [0.05, 0.1) is 13.0 Å². The predicted molar refractivity (Wildman–Crippen MR) is 120 cm³/mol. The predicted octanol–water partition coefficient (Wildman–Crippen LogP) is 4.18. The van der Waals surface area contributed by atoms with Crippen molar-refractivity contribution in [2.75, 3.05) is 25.6 Å². The van der Waals surface area contributed by atoms with Gasteiger partial charge in [-0.3, -0.25) is 9.59 Å². The van der Waals surface area contributed by atoms with Crippen molar-refractivity contribution in [1.29, 1.82) is 0 Å². The summed E-state index contributed by atoms with van der Waals surface area (Å²) in [5, 5.41) is 5.65. The van der Waals surface area contributed by atoms with Crippen LogP contribution in [0.5, 0.6) is 5.75 Å². The number of methoxy groups -OCH3 is 1. The van der Waals surface area contributed by atoms with Gasteiger partial charge in [0.2, 0.25) is 5.91 Å². The molecular formula is C23H23BrN2O5. The van der Waals surface area contributed by atoms with Crippen molar-refractivity contribution in [3.05, 3.63) is 82.2 Å². The molecule has 0 saturated heterocycles. The number of amides is 2. The van der Waals surface area contributed by atoms with Gasteiger partial charge in [-0.25, -0.2) is 0 Å². The van der Waals surface area contributed by atoms with Gasteiger partial charge >= 0.3 is 0 Å². The first-order valence-corrected chi connectivity index (χ1v) is 10.5. The van der Waals surface area contributed by atoms with Crippen molar-refractivity contribution < 1.29 is 23.5 Å². The van der Waals surface area contributed by atoms with Crippen LogP contribution < -0.4 is 15.4 Å². The zero-order valence-electron chi connectivity index (χ0n) is 17.0. The minimum absolute atomic E-state index is 0.0855. The molecule has 0 spiro atoms. The highest BCUT2D eigenvalue weighted by molar-refractivity contribution is 9.10. The lowest BCUT2D eigenvalue weighted by molar-refractivity contribution is -0.120. The van der Waals surface area contributed by atoms with Gasteiger partial charge in [0.25, 0.3) is 5.91 Å². The van der Waals surface area contributed by atoms with Crippen LogP contribution in [0.15, 0.2) is 69.8 Å². The van der Waals surface area contributed by atoms with Crippen LogP contribution in [0.3, 0.4) is 0 Å². The van der Waals surface area contributed by atoms with Crippen LogP contribution in [0.4, 0.5) is 5.69 Å². The van der Waals surface area contributed by atoms with Gasteiger partial charge in [-0.15, -0.1) is 0 Å². The molecule has 0 radical (unpaired) electrons. The van der Waals surface area contributed by atoms with Gasteiger partial charge in [0.15, 0.2) is 10.4 Å². The molecule has 2 amide bonds. The van der Waals surface area contributed by atoms with Gasteiger partial charge in [0, 0.05) is 19.3 Å². The minimum Gasteiger partial charge on any atom is -0.491 e. The summed E-state index contributed by atoms with van der Waals surface area (Å²) in [5.74, 6) is 0.549. The Balaban J connectivity index is 1.43. The van der Waals surface area contributed by atoms with E-state index in [1.54, 1.807) is 43.5 Å². The summed E-state index contributed by atoms with van der Waals surface area (Å²) in [6, 6.07) is 17.9. The second-order valence-electron chi connectivity index (χ2n) is 6.69. The Morgan fingerprint density at radius 2 is 1.65 bits per heavy atom. The minimum atomic E-state index is -0.341. The third-order valence-electron chi connectivity index (χ3n) is 4.34. The molecule has 3 rings (SSSR count). The fourth-order valence-electron chi connectivity index (χ4n) is 2.73. The highest BCUT2D eigenvalue weighted by atomic mass is 79.9. The van der Waals surface area contributed by atoms with Crippen molar-refractivity contribution in [3.63, 3.8) is 0 Å². The largest absolute Gasteiger partial charge is 0.491 e. The third kappa shape index (κ3) is 7.27. The fraction of sp³-hybridized carbons (Fsp3) is 0.217. The molecule has 3 aromatic rings. The van der Waals surface area contributed by atoms with E-state index >= 15 is 0 Å². The first kappa shape index (κ1) is 22.6. The number of anilines is 1. The van der Waals surface area contributed by atoms with Gasteiger partial charge in [-0.05, 0) is 63.5 Å². The van der Waals surface area contributed by atoms with E-state index in [-0.39, 0.29) is 24.0 Å². The number of hydrogen-bond acceptors (Lipinski definition) is 5. The molecular weight excluding hydrogens is 464 g/mol. The highest BCUT2D eigenvalue weighted by Gasteiger charge is 2.11. The molecule has 0 unspecified atom stereocenters. The van der Waals surface area contributed by atoms with Gasteiger partial charge < -0.3 is 24.5 Å². The summed E-state index contributed by atoms with van der Waals surface area (Å²) >= 11 is 3.17. The molecule has 162 valence electrons. The maximum absolute atomic E-state index is 12.2. The van der Waals surface area contributed by atoms with Crippen molar-refractivity contribution in [3.8, 4) is 5.75 Å². The summed E-state index contributed by atoms with van der Waals surface area (Å²) in [6.45, 7) is 1.47. The zero-order valence-corrected chi connectivity index (χ0v) is 18.6. The van der Waals surface area contributed by atoms with E-state index in [2.05, 4.69) is 26.6 Å². The lowest BCUT2D eigenvalue weighted by atomic mass is 10.1. The number of furan rings is 1. The Hall–Kier alpha value is -3.10. The third-order valence-corrected chi connectivity index (χ3v) is 4.77. The molecule has 0 aliphatic rings. The molecule has 0 fully saturated rings. The van der Waals surface area contributed by atoms with Crippen LogP contribution in [0.2, 0.25) is 0 Å². The van der Waals surface area contributed by atoms with E-state index < -0.39 is 0 Å². The lowest BCUT2D eigenvalue weighted by Crippen LogP contribution is -2.24. The molecule has 0 aliphatic carbocycles. The molecule has 0 bridgehead atoms. The molecule has 31 heavy (non-hydrogen) atoms. The van der Waals surface area contributed by atoms with Gasteiger partial charge in [0.1, 0.15) is 12.4 Å². The number of rotatable bonds is 10. The molecule has 0 saturated carbocycles. The smallest absolute Gasteiger partial charge is 0.291 e. The maximum atomic E-state index is 12.2. The number of carbonyl (C=O) groups excluding carboxylic acids is 2. The van der Waals surface area contributed by atoms with Crippen molar-refractivity contribution >= 4 is 33.4 Å². The summed E-state index contributed by atoms with van der Waals surface area (Å²) in [7, 11) is 1.63. The van der Waals surface area contributed by atoms with E-state index in [9.17, 15) is 9.59 Å². The number of hydrogen-bond donors (Lipinski definition) is 2.